The number of carbonyl (C=O) groups is 1. The molecule has 1 heterocycles. The second-order valence-corrected chi connectivity index (χ2v) is 7.49. The van der Waals surface area contributed by atoms with Gasteiger partial charge in [0.25, 0.3) is 0 Å². The van der Waals surface area contributed by atoms with Crippen LogP contribution < -0.4 is 10.6 Å². The zero-order valence-corrected chi connectivity index (χ0v) is 14.1. The van der Waals surface area contributed by atoms with E-state index in [-0.39, 0.29) is 17.2 Å². The summed E-state index contributed by atoms with van der Waals surface area (Å²) in [7, 11) is 0. The van der Waals surface area contributed by atoms with Gasteiger partial charge in [-0.15, -0.1) is 0 Å². The summed E-state index contributed by atoms with van der Waals surface area (Å²) in [5, 5.41) is 7.13. The lowest BCUT2D eigenvalue weighted by Crippen LogP contribution is -2.31. The topological polar surface area (TPSA) is 41.1 Å². The molecule has 0 saturated carbocycles. The average molecular weight is 318 g/mol. The summed E-state index contributed by atoms with van der Waals surface area (Å²) < 4.78 is 0. The molecule has 2 aromatic rings. The average Bonchev–Trinajstić information content (AvgIpc) is 2.70. The molecule has 1 atom stereocenters. The van der Waals surface area contributed by atoms with E-state index in [1.54, 1.807) is 0 Å². The SMILES string of the molecule is CC1(C)CC(=O)C2=C(C1)Nc1ccccc1N[C@@H]2c1ccccc1. The third kappa shape index (κ3) is 2.60. The van der Waals surface area contributed by atoms with Gasteiger partial charge >= 0.3 is 0 Å². The molecular weight excluding hydrogens is 296 g/mol. The Morgan fingerprint density at radius 2 is 1.58 bits per heavy atom. The van der Waals surface area contributed by atoms with E-state index in [2.05, 4.69) is 48.7 Å². The second kappa shape index (κ2) is 5.52. The van der Waals surface area contributed by atoms with E-state index in [0.29, 0.717) is 6.42 Å². The van der Waals surface area contributed by atoms with E-state index < -0.39 is 0 Å². The fraction of sp³-hybridized carbons (Fsp3) is 0.286. The van der Waals surface area contributed by atoms with E-state index >= 15 is 0 Å². The van der Waals surface area contributed by atoms with Gasteiger partial charge in [0, 0.05) is 17.7 Å². The maximum absolute atomic E-state index is 13.0. The number of anilines is 2. The number of para-hydroxylation sites is 2. The van der Waals surface area contributed by atoms with E-state index in [9.17, 15) is 4.79 Å². The molecule has 2 aliphatic rings. The smallest absolute Gasteiger partial charge is 0.163 e. The Balaban J connectivity index is 1.89. The zero-order chi connectivity index (χ0) is 16.7. The molecule has 0 fully saturated rings. The quantitative estimate of drug-likeness (QED) is 0.785. The van der Waals surface area contributed by atoms with Crippen molar-refractivity contribution in [3.8, 4) is 0 Å². The number of hydrogen-bond acceptors (Lipinski definition) is 3. The van der Waals surface area contributed by atoms with Crippen LogP contribution >= 0.6 is 0 Å². The van der Waals surface area contributed by atoms with Crippen LogP contribution in [0.25, 0.3) is 0 Å². The maximum atomic E-state index is 13.0. The largest absolute Gasteiger partial charge is 0.372 e. The minimum atomic E-state index is -0.110. The first kappa shape index (κ1) is 15.0. The molecule has 4 rings (SSSR count). The summed E-state index contributed by atoms with van der Waals surface area (Å²) in [4.78, 5) is 13.0. The first-order valence-electron chi connectivity index (χ1n) is 8.47. The van der Waals surface area contributed by atoms with Gasteiger partial charge in [0.2, 0.25) is 0 Å². The highest BCUT2D eigenvalue weighted by Crippen LogP contribution is 2.45. The van der Waals surface area contributed by atoms with Gasteiger partial charge in [-0.05, 0) is 29.5 Å². The Hall–Kier alpha value is -2.55. The van der Waals surface area contributed by atoms with Crippen molar-refractivity contribution in [3.05, 3.63) is 71.4 Å². The van der Waals surface area contributed by atoms with E-state index in [1.165, 1.54) is 0 Å². The molecule has 3 heteroatoms. The normalized spacial score (nSPS) is 21.9. The number of nitrogens with one attached hydrogen (secondary N) is 2. The van der Waals surface area contributed by atoms with Gasteiger partial charge in [0.1, 0.15) is 0 Å². The molecule has 0 saturated heterocycles. The molecule has 0 spiro atoms. The highest BCUT2D eigenvalue weighted by atomic mass is 16.1. The van der Waals surface area contributed by atoms with Crippen LogP contribution in [0.5, 0.6) is 0 Å². The van der Waals surface area contributed by atoms with Crippen LogP contribution in [0, 0.1) is 5.41 Å². The number of benzene rings is 2. The minimum Gasteiger partial charge on any atom is -0.372 e. The number of carbonyl (C=O) groups excluding carboxylic acids is 1. The molecule has 2 N–H and O–H groups in total. The molecule has 0 bridgehead atoms. The van der Waals surface area contributed by atoms with Gasteiger partial charge < -0.3 is 10.6 Å². The van der Waals surface area contributed by atoms with Crippen LogP contribution in [0.3, 0.4) is 0 Å². The summed E-state index contributed by atoms with van der Waals surface area (Å²) in [5.41, 5.74) is 5.12. The molecule has 3 nitrogen and oxygen atoms in total. The minimum absolute atomic E-state index is 0.0105. The van der Waals surface area contributed by atoms with E-state index in [1.807, 2.05) is 30.3 Å². The lowest BCUT2D eigenvalue weighted by Gasteiger charge is -2.34. The van der Waals surface area contributed by atoms with Gasteiger partial charge in [-0.2, -0.15) is 0 Å². The first-order chi connectivity index (χ1) is 11.5. The highest BCUT2D eigenvalue weighted by Gasteiger charge is 2.38. The third-order valence-corrected chi connectivity index (χ3v) is 4.85. The van der Waals surface area contributed by atoms with E-state index in [4.69, 9.17) is 0 Å². The van der Waals surface area contributed by atoms with Gasteiger partial charge in [0.05, 0.1) is 17.4 Å². The fourth-order valence-electron chi connectivity index (χ4n) is 3.78. The lowest BCUT2D eigenvalue weighted by atomic mass is 9.73. The van der Waals surface area contributed by atoms with Crippen molar-refractivity contribution in [2.75, 3.05) is 10.6 Å². The zero-order valence-electron chi connectivity index (χ0n) is 14.1. The Morgan fingerprint density at radius 1 is 0.917 bits per heavy atom. The summed E-state index contributed by atoms with van der Waals surface area (Å²) in [6.45, 7) is 4.33. The third-order valence-electron chi connectivity index (χ3n) is 4.85. The predicted molar refractivity (Wildman–Crippen MR) is 97.9 cm³/mol. The molecule has 0 aromatic heterocycles. The molecule has 1 aliphatic heterocycles. The molecular formula is C21H22N2O. The summed E-state index contributed by atoms with van der Waals surface area (Å²) in [6.07, 6.45) is 1.47. The molecule has 0 amide bonds. The number of hydrogen-bond donors (Lipinski definition) is 2. The Morgan fingerprint density at radius 3 is 2.33 bits per heavy atom. The number of Topliss-reactive ketones (excluding diaryl/α,β-unsaturated/α-hetero) is 1. The molecule has 122 valence electrons. The number of fused-ring (bicyclic) bond motifs is 1. The van der Waals surface area contributed by atoms with Crippen LogP contribution in [0.1, 0.15) is 38.3 Å². The van der Waals surface area contributed by atoms with Crippen LogP contribution in [-0.2, 0) is 4.79 Å². The van der Waals surface area contributed by atoms with E-state index in [0.717, 1.165) is 34.6 Å². The van der Waals surface area contributed by atoms with Gasteiger partial charge in [0.15, 0.2) is 5.78 Å². The predicted octanol–water partition coefficient (Wildman–Crippen LogP) is 4.91. The lowest BCUT2D eigenvalue weighted by molar-refractivity contribution is -0.118. The van der Waals surface area contributed by atoms with Crippen LogP contribution in [-0.4, -0.2) is 5.78 Å². The molecule has 24 heavy (non-hydrogen) atoms. The van der Waals surface area contributed by atoms with Crippen molar-refractivity contribution < 1.29 is 4.79 Å². The first-order valence-corrected chi connectivity index (χ1v) is 8.47. The van der Waals surface area contributed by atoms with Crippen molar-refractivity contribution in [3.63, 3.8) is 0 Å². The van der Waals surface area contributed by atoms with Crippen LogP contribution in [0.15, 0.2) is 65.9 Å². The monoisotopic (exact) mass is 318 g/mol. The fourth-order valence-corrected chi connectivity index (χ4v) is 3.78. The van der Waals surface area contributed by atoms with Crippen molar-refractivity contribution in [1.29, 1.82) is 0 Å². The van der Waals surface area contributed by atoms with Crippen molar-refractivity contribution >= 4 is 17.2 Å². The molecule has 1 aliphatic carbocycles. The Labute approximate surface area is 142 Å². The standard InChI is InChI=1S/C21H22N2O/c1-21(2)12-17-19(18(24)13-21)20(14-8-4-3-5-9-14)23-16-11-7-6-10-15(16)22-17/h3-11,20,22-23H,12-13H2,1-2H3/t20-/m1/s1. The highest BCUT2D eigenvalue weighted by molar-refractivity contribution is 6.01. The number of ketones is 1. The van der Waals surface area contributed by atoms with Crippen molar-refractivity contribution in [2.24, 2.45) is 5.41 Å². The molecule has 2 aromatic carbocycles. The van der Waals surface area contributed by atoms with Crippen molar-refractivity contribution in [2.45, 2.75) is 32.7 Å². The van der Waals surface area contributed by atoms with Crippen molar-refractivity contribution in [1.82, 2.24) is 0 Å². The Bertz CT molecular complexity index is 821. The van der Waals surface area contributed by atoms with Gasteiger partial charge in [-0.1, -0.05) is 56.3 Å². The molecule has 0 unspecified atom stereocenters. The summed E-state index contributed by atoms with van der Waals surface area (Å²) in [5.74, 6) is 0.239. The Kier molecular flexibility index (Phi) is 3.45. The number of allylic oxidation sites excluding steroid dienone is 1. The van der Waals surface area contributed by atoms with Gasteiger partial charge in [-0.3, -0.25) is 4.79 Å². The summed E-state index contributed by atoms with van der Waals surface area (Å²) >= 11 is 0. The van der Waals surface area contributed by atoms with Crippen LogP contribution in [0.2, 0.25) is 0 Å². The number of rotatable bonds is 1. The van der Waals surface area contributed by atoms with Crippen LogP contribution in [0.4, 0.5) is 11.4 Å². The summed E-state index contributed by atoms with van der Waals surface area (Å²) in [6, 6.07) is 18.3. The molecule has 0 radical (unpaired) electrons. The van der Waals surface area contributed by atoms with Gasteiger partial charge in [-0.25, -0.2) is 0 Å². The second-order valence-electron chi connectivity index (χ2n) is 7.49. The maximum Gasteiger partial charge on any atom is 0.163 e.